The summed E-state index contributed by atoms with van der Waals surface area (Å²) in [7, 11) is 0. The number of hydrogen-bond acceptors (Lipinski definition) is 8. The van der Waals surface area contributed by atoms with Crippen molar-refractivity contribution in [2.45, 2.75) is 44.8 Å². The summed E-state index contributed by atoms with van der Waals surface area (Å²) in [4.78, 5) is 21.1. The lowest BCUT2D eigenvalue weighted by atomic mass is 10.1. The van der Waals surface area contributed by atoms with Gasteiger partial charge in [0.1, 0.15) is 24.7 Å². The highest BCUT2D eigenvalue weighted by Crippen LogP contribution is 2.25. The summed E-state index contributed by atoms with van der Waals surface area (Å²) >= 11 is 0. The van der Waals surface area contributed by atoms with Crippen LogP contribution in [-0.4, -0.2) is 123 Å². The van der Waals surface area contributed by atoms with Crippen LogP contribution in [0.3, 0.4) is 0 Å². The van der Waals surface area contributed by atoms with E-state index < -0.39 is 18.5 Å². The second kappa shape index (κ2) is 23.9. The molecular formula is C45H52F8N4O5. The van der Waals surface area contributed by atoms with Crippen molar-refractivity contribution in [2.75, 3.05) is 85.2 Å². The van der Waals surface area contributed by atoms with Crippen LogP contribution in [0.25, 0.3) is 0 Å². The van der Waals surface area contributed by atoms with Crippen LogP contribution in [0.2, 0.25) is 0 Å². The molecule has 17 heteroatoms. The Morgan fingerprint density at radius 3 is 1.55 bits per heavy atom. The minimum Gasteiger partial charge on any atom is -0.489 e. The third-order valence-corrected chi connectivity index (χ3v) is 10.3. The van der Waals surface area contributed by atoms with E-state index in [1.165, 1.54) is 42.5 Å². The van der Waals surface area contributed by atoms with Crippen molar-refractivity contribution in [2.24, 2.45) is 0 Å². The molecule has 62 heavy (non-hydrogen) atoms. The smallest absolute Gasteiger partial charge is 0.489 e. The summed E-state index contributed by atoms with van der Waals surface area (Å²) in [5.41, 5.74) is 1.62. The molecule has 9 nitrogen and oxygen atoms in total. The molecule has 6 rings (SSSR count). The molecule has 2 saturated heterocycles. The fraction of sp³-hybridized carbons (Fsp3) is 0.444. The van der Waals surface area contributed by atoms with E-state index in [-0.39, 0.29) is 35.4 Å². The van der Waals surface area contributed by atoms with Crippen LogP contribution in [0.15, 0.2) is 97.1 Å². The van der Waals surface area contributed by atoms with Gasteiger partial charge in [0.15, 0.2) is 23.1 Å². The number of alkyl halides is 6. The number of piperazine rings is 2. The normalized spacial score (nSPS) is 15.4. The first kappa shape index (κ1) is 47.9. The predicted octanol–water partition coefficient (Wildman–Crippen LogP) is 8.62. The maximum absolute atomic E-state index is 13.5. The van der Waals surface area contributed by atoms with Crippen molar-refractivity contribution >= 4 is 5.91 Å². The van der Waals surface area contributed by atoms with E-state index >= 15 is 0 Å². The molecule has 2 aliphatic heterocycles. The zero-order valence-electron chi connectivity index (χ0n) is 34.3. The molecule has 0 unspecified atom stereocenters. The number of para-hydroxylation sites is 2. The Bertz CT molecular complexity index is 1940. The number of rotatable bonds is 18. The molecule has 0 radical (unpaired) electrons. The summed E-state index contributed by atoms with van der Waals surface area (Å²) in [5, 5.41) is 0. The van der Waals surface area contributed by atoms with Gasteiger partial charge in [-0.25, -0.2) is 8.78 Å². The van der Waals surface area contributed by atoms with Gasteiger partial charge in [-0.2, -0.15) is 0 Å². The number of carbonyl (C=O) groups excluding carboxylic acids is 1. The van der Waals surface area contributed by atoms with Crippen LogP contribution in [0.5, 0.6) is 23.0 Å². The van der Waals surface area contributed by atoms with E-state index in [1.54, 1.807) is 59.5 Å². The molecule has 0 aliphatic carbocycles. The monoisotopic (exact) mass is 880 g/mol. The highest BCUT2D eigenvalue weighted by atomic mass is 19.4. The molecule has 2 fully saturated rings. The van der Waals surface area contributed by atoms with Gasteiger partial charge >= 0.3 is 12.7 Å². The van der Waals surface area contributed by atoms with Gasteiger partial charge in [-0.1, -0.05) is 48.5 Å². The third kappa shape index (κ3) is 17.7. The Balaban J connectivity index is 0.000000234. The number of nitrogens with zero attached hydrogens (tertiary/aromatic N) is 4. The van der Waals surface area contributed by atoms with E-state index in [0.29, 0.717) is 63.7 Å². The van der Waals surface area contributed by atoms with Crippen molar-refractivity contribution in [3.8, 4) is 23.0 Å². The molecular weight excluding hydrogens is 829 g/mol. The highest BCUT2D eigenvalue weighted by Gasteiger charge is 2.32. The first-order valence-electron chi connectivity index (χ1n) is 20.6. The SMILES string of the molecule is Fc1ccccc1OCCN1CCN(CCCCc2ccc(OC(F)(F)F)cc2)CC1.O=C(CCc1cccc(OC(F)(F)F)c1)N1CCN(CCOc2ccccc2F)CC1. The van der Waals surface area contributed by atoms with Gasteiger partial charge in [0.25, 0.3) is 0 Å². The second-order valence-electron chi connectivity index (χ2n) is 14.8. The lowest BCUT2D eigenvalue weighted by Gasteiger charge is -2.34. The fourth-order valence-electron chi connectivity index (χ4n) is 6.98. The predicted molar refractivity (Wildman–Crippen MR) is 217 cm³/mol. The molecule has 0 spiro atoms. The highest BCUT2D eigenvalue weighted by molar-refractivity contribution is 5.76. The van der Waals surface area contributed by atoms with Crippen LogP contribution in [0.1, 0.15) is 30.4 Å². The van der Waals surface area contributed by atoms with Gasteiger partial charge in [-0.15, -0.1) is 26.3 Å². The largest absolute Gasteiger partial charge is 0.573 e. The summed E-state index contributed by atoms with van der Waals surface area (Å²) in [5.74, 6) is -0.725. The van der Waals surface area contributed by atoms with Crippen LogP contribution in [0.4, 0.5) is 35.1 Å². The summed E-state index contributed by atoms with van der Waals surface area (Å²) < 4.78 is 119. The van der Waals surface area contributed by atoms with Gasteiger partial charge in [-0.05, 0) is 91.9 Å². The maximum atomic E-state index is 13.5. The number of halogens is 8. The number of carbonyl (C=O) groups is 1. The molecule has 0 bridgehead atoms. The number of ether oxygens (including phenoxy) is 4. The second-order valence-corrected chi connectivity index (χ2v) is 14.8. The number of aryl methyl sites for hydroxylation is 2. The summed E-state index contributed by atoms with van der Waals surface area (Å²) in [6.45, 7) is 9.62. The van der Waals surface area contributed by atoms with E-state index in [9.17, 15) is 39.9 Å². The van der Waals surface area contributed by atoms with Crippen molar-refractivity contribution in [1.29, 1.82) is 0 Å². The molecule has 2 heterocycles. The summed E-state index contributed by atoms with van der Waals surface area (Å²) in [6.07, 6.45) is -5.99. The van der Waals surface area contributed by atoms with Crippen LogP contribution in [0, 0.1) is 11.6 Å². The Hall–Kier alpha value is -5.13. The minimum absolute atomic E-state index is 0.0376. The maximum Gasteiger partial charge on any atom is 0.573 e. The molecule has 0 N–H and O–H groups in total. The van der Waals surface area contributed by atoms with Gasteiger partial charge < -0.3 is 28.7 Å². The van der Waals surface area contributed by atoms with E-state index in [4.69, 9.17) is 9.47 Å². The fourth-order valence-corrected chi connectivity index (χ4v) is 6.98. The molecule has 0 atom stereocenters. The molecule has 1 amide bonds. The minimum atomic E-state index is -4.74. The standard InChI is InChI=1S/C23H28F4N2O2.C22H24F4N2O3/c24-21-6-1-2-7-22(21)30-18-17-29-15-13-28(14-16-29)12-4-3-5-19-8-10-20(11-9-19)31-23(25,26)27;23-19-6-1-2-7-20(19)30-15-14-27-10-12-28(13-11-27)21(29)9-8-17-4-3-5-18(16-17)31-22(24,25)26/h1-2,6-11H,3-5,12-18H2;1-7,16H,8-15H2. The molecule has 4 aromatic rings. The summed E-state index contributed by atoms with van der Waals surface area (Å²) in [6, 6.07) is 24.4. The van der Waals surface area contributed by atoms with Gasteiger partial charge in [0.05, 0.1) is 0 Å². The zero-order valence-corrected chi connectivity index (χ0v) is 34.3. The number of hydrogen-bond donors (Lipinski definition) is 0. The van der Waals surface area contributed by atoms with Gasteiger partial charge in [0.2, 0.25) is 5.91 Å². The Morgan fingerprint density at radius 2 is 1.02 bits per heavy atom. The van der Waals surface area contributed by atoms with Crippen LogP contribution in [-0.2, 0) is 17.6 Å². The van der Waals surface area contributed by atoms with Gasteiger partial charge in [-0.3, -0.25) is 14.6 Å². The molecule has 0 aromatic heterocycles. The third-order valence-electron chi connectivity index (χ3n) is 10.3. The Labute approximate surface area is 356 Å². The number of benzene rings is 4. The van der Waals surface area contributed by atoms with Crippen molar-refractivity contribution in [3.63, 3.8) is 0 Å². The lowest BCUT2D eigenvalue weighted by Crippen LogP contribution is -2.49. The first-order chi connectivity index (χ1) is 29.7. The van der Waals surface area contributed by atoms with E-state index in [0.717, 1.165) is 64.1 Å². The van der Waals surface area contributed by atoms with Crippen molar-refractivity contribution in [1.82, 2.24) is 19.6 Å². The van der Waals surface area contributed by atoms with Crippen LogP contribution < -0.4 is 18.9 Å². The zero-order chi connectivity index (χ0) is 44.4. The van der Waals surface area contributed by atoms with Crippen molar-refractivity contribution < 1.29 is 58.9 Å². The number of unbranched alkanes of at least 4 members (excludes halogenated alkanes) is 1. The van der Waals surface area contributed by atoms with Crippen LogP contribution >= 0.6 is 0 Å². The Kier molecular flexibility index (Phi) is 18.5. The van der Waals surface area contributed by atoms with Crippen molar-refractivity contribution in [3.05, 3.63) is 120 Å². The first-order valence-corrected chi connectivity index (χ1v) is 20.6. The van der Waals surface area contributed by atoms with E-state index in [1.807, 2.05) is 0 Å². The average molecular weight is 881 g/mol. The number of amides is 1. The topological polar surface area (TPSA) is 67.0 Å². The quantitative estimate of drug-likeness (QED) is 0.0728. The molecule has 0 saturated carbocycles. The molecule has 338 valence electrons. The molecule has 2 aliphatic rings. The van der Waals surface area contributed by atoms with E-state index in [2.05, 4.69) is 24.2 Å². The van der Waals surface area contributed by atoms with Gasteiger partial charge in [0, 0.05) is 71.9 Å². The molecule has 4 aromatic carbocycles. The Morgan fingerprint density at radius 1 is 0.516 bits per heavy atom. The lowest BCUT2D eigenvalue weighted by molar-refractivity contribution is -0.275. The average Bonchev–Trinajstić information content (AvgIpc) is 3.23.